The molecule has 0 bridgehead atoms. The molecule has 0 aliphatic carbocycles. The van der Waals surface area contributed by atoms with E-state index < -0.39 is 0 Å². The average Bonchev–Trinajstić information content (AvgIpc) is 2.40. The van der Waals surface area contributed by atoms with Crippen molar-refractivity contribution in [3.63, 3.8) is 0 Å². The van der Waals surface area contributed by atoms with Gasteiger partial charge in [-0.2, -0.15) is 0 Å². The second-order valence-electron chi connectivity index (χ2n) is 3.88. The van der Waals surface area contributed by atoms with Gasteiger partial charge in [-0.05, 0) is 36.2 Å². The molecule has 0 saturated carbocycles. The summed E-state index contributed by atoms with van der Waals surface area (Å²) in [5.41, 5.74) is 2.95. The van der Waals surface area contributed by atoms with Crippen LogP contribution in [-0.4, -0.2) is 5.71 Å². The molecule has 0 aromatic heterocycles. The van der Waals surface area contributed by atoms with Crippen molar-refractivity contribution in [3.8, 4) is 0 Å². The van der Waals surface area contributed by atoms with Crippen molar-refractivity contribution >= 4 is 34.6 Å². The predicted molar refractivity (Wildman–Crippen MR) is 79.4 cm³/mol. The number of para-hydroxylation sites is 1. The van der Waals surface area contributed by atoms with Crippen molar-refractivity contribution in [3.05, 3.63) is 64.1 Å². The lowest BCUT2D eigenvalue weighted by Gasteiger charge is -2.06. The van der Waals surface area contributed by atoms with Crippen LogP contribution in [0.4, 0.5) is 5.69 Å². The lowest BCUT2D eigenvalue weighted by Crippen LogP contribution is -1.98. The van der Waals surface area contributed by atoms with E-state index in [0.29, 0.717) is 10.0 Å². The van der Waals surface area contributed by atoms with Gasteiger partial charge in [0.15, 0.2) is 0 Å². The van der Waals surface area contributed by atoms with Crippen molar-refractivity contribution in [2.75, 3.05) is 0 Å². The molecule has 2 rings (SSSR count). The van der Waals surface area contributed by atoms with Gasteiger partial charge in [0.25, 0.3) is 0 Å². The Labute approximate surface area is 117 Å². The number of hydrogen-bond donors (Lipinski definition) is 0. The smallest absolute Gasteiger partial charge is 0.0633 e. The summed E-state index contributed by atoms with van der Waals surface area (Å²) >= 11 is 11.9. The Bertz CT molecular complexity index is 562. The van der Waals surface area contributed by atoms with Crippen LogP contribution in [-0.2, 0) is 0 Å². The summed E-state index contributed by atoms with van der Waals surface area (Å²) in [4.78, 5) is 4.63. The first kappa shape index (κ1) is 13.1. The van der Waals surface area contributed by atoms with Crippen LogP contribution in [0, 0.1) is 0 Å². The third kappa shape index (κ3) is 3.12. The highest BCUT2D eigenvalue weighted by molar-refractivity contribution is 6.42. The minimum absolute atomic E-state index is 0.559. The maximum Gasteiger partial charge on any atom is 0.0633 e. The highest BCUT2D eigenvalue weighted by Gasteiger charge is 2.05. The Morgan fingerprint density at radius 3 is 2.33 bits per heavy atom. The Morgan fingerprint density at radius 1 is 1.00 bits per heavy atom. The van der Waals surface area contributed by atoms with E-state index >= 15 is 0 Å². The minimum Gasteiger partial charge on any atom is -0.253 e. The molecule has 0 fully saturated rings. The first-order chi connectivity index (χ1) is 8.70. The molecule has 0 spiro atoms. The van der Waals surface area contributed by atoms with E-state index in [2.05, 4.69) is 11.9 Å². The summed E-state index contributed by atoms with van der Waals surface area (Å²) in [6.07, 6.45) is 0.840. The maximum atomic E-state index is 6.03. The Hall–Kier alpha value is -1.31. The largest absolute Gasteiger partial charge is 0.253 e. The van der Waals surface area contributed by atoms with Crippen LogP contribution in [0.25, 0.3) is 0 Å². The molecule has 92 valence electrons. The SMILES string of the molecule is CC/C(=N\c1ccccc1)c1ccc(Cl)c(Cl)c1. The lowest BCUT2D eigenvalue weighted by molar-refractivity contribution is 1.26. The standard InChI is InChI=1S/C15H13Cl2N/c1-2-15(18-12-6-4-3-5-7-12)11-8-9-13(16)14(17)10-11/h3-10H,2H2,1H3/b18-15+. The molecule has 0 N–H and O–H groups in total. The summed E-state index contributed by atoms with van der Waals surface area (Å²) in [5.74, 6) is 0. The molecule has 3 heteroatoms. The average molecular weight is 278 g/mol. The van der Waals surface area contributed by atoms with Crippen molar-refractivity contribution in [1.29, 1.82) is 0 Å². The van der Waals surface area contributed by atoms with Gasteiger partial charge in [0.05, 0.1) is 15.7 Å². The third-order valence-corrected chi connectivity index (χ3v) is 3.35. The molecule has 1 nitrogen and oxygen atoms in total. The number of nitrogens with zero attached hydrogens (tertiary/aromatic N) is 1. The molecular formula is C15H13Cl2N. The minimum atomic E-state index is 0.559. The zero-order chi connectivity index (χ0) is 13.0. The summed E-state index contributed by atoms with van der Waals surface area (Å²) in [6.45, 7) is 2.07. The fourth-order valence-corrected chi connectivity index (χ4v) is 1.98. The maximum absolute atomic E-state index is 6.03. The van der Waals surface area contributed by atoms with Gasteiger partial charge in [0.1, 0.15) is 0 Å². The number of benzene rings is 2. The Morgan fingerprint density at radius 2 is 1.72 bits per heavy atom. The number of halogens is 2. The van der Waals surface area contributed by atoms with Gasteiger partial charge in [-0.1, -0.05) is 54.4 Å². The van der Waals surface area contributed by atoms with Crippen molar-refractivity contribution < 1.29 is 0 Å². The second kappa shape index (κ2) is 6.03. The van der Waals surface area contributed by atoms with Crippen LogP contribution >= 0.6 is 23.2 Å². The highest BCUT2D eigenvalue weighted by Crippen LogP contribution is 2.24. The predicted octanol–water partition coefficient (Wildman–Crippen LogP) is 5.52. The molecule has 18 heavy (non-hydrogen) atoms. The van der Waals surface area contributed by atoms with E-state index in [9.17, 15) is 0 Å². The Kier molecular flexibility index (Phi) is 4.40. The number of aliphatic imine (C=N–C) groups is 1. The zero-order valence-electron chi connectivity index (χ0n) is 10.0. The monoisotopic (exact) mass is 277 g/mol. The van der Waals surface area contributed by atoms with Crippen LogP contribution in [0.5, 0.6) is 0 Å². The normalized spacial score (nSPS) is 11.6. The van der Waals surface area contributed by atoms with E-state index in [0.717, 1.165) is 23.4 Å². The zero-order valence-corrected chi connectivity index (χ0v) is 11.5. The highest BCUT2D eigenvalue weighted by atomic mass is 35.5. The van der Waals surface area contributed by atoms with E-state index in [1.807, 2.05) is 42.5 Å². The van der Waals surface area contributed by atoms with Crippen LogP contribution in [0.15, 0.2) is 53.5 Å². The van der Waals surface area contributed by atoms with Gasteiger partial charge in [-0.25, -0.2) is 0 Å². The van der Waals surface area contributed by atoms with Gasteiger partial charge in [-0.15, -0.1) is 0 Å². The molecule has 0 aliphatic rings. The fourth-order valence-electron chi connectivity index (χ4n) is 1.68. The summed E-state index contributed by atoms with van der Waals surface area (Å²) in [6, 6.07) is 15.5. The lowest BCUT2D eigenvalue weighted by atomic mass is 10.1. The molecule has 2 aromatic carbocycles. The van der Waals surface area contributed by atoms with Crippen LogP contribution in [0.1, 0.15) is 18.9 Å². The van der Waals surface area contributed by atoms with Crippen LogP contribution in [0.3, 0.4) is 0 Å². The van der Waals surface area contributed by atoms with Gasteiger partial charge in [0, 0.05) is 5.71 Å². The van der Waals surface area contributed by atoms with Gasteiger partial charge >= 0.3 is 0 Å². The topological polar surface area (TPSA) is 12.4 Å². The van der Waals surface area contributed by atoms with Crippen molar-refractivity contribution in [1.82, 2.24) is 0 Å². The van der Waals surface area contributed by atoms with E-state index in [4.69, 9.17) is 23.2 Å². The van der Waals surface area contributed by atoms with Gasteiger partial charge in [0.2, 0.25) is 0 Å². The van der Waals surface area contributed by atoms with Crippen molar-refractivity contribution in [2.45, 2.75) is 13.3 Å². The van der Waals surface area contributed by atoms with Gasteiger partial charge in [-0.3, -0.25) is 4.99 Å². The quantitative estimate of drug-likeness (QED) is 0.655. The first-order valence-electron chi connectivity index (χ1n) is 5.78. The van der Waals surface area contributed by atoms with Gasteiger partial charge < -0.3 is 0 Å². The summed E-state index contributed by atoms with van der Waals surface area (Å²) in [7, 11) is 0. The van der Waals surface area contributed by atoms with E-state index in [1.165, 1.54) is 0 Å². The summed E-state index contributed by atoms with van der Waals surface area (Å²) in [5, 5.41) is 1.12. The molecule has 2 aromatic rings. The molecule has 0 radical (unpaired) electrons. The molecular weight excluding hydrogens is 265 g/mol. The van der Waals surface area contributed by atoms with Crippen LogP contribution < -0.4 is 0 Å². The second-order valence-corrected chi connectivity index (χ2v) is 4.69. The fraction of sp³-hybridized carbons (Fsp3) is 0.133. The molecule has 0 atom stereocenters. The molecule has 0 saturated heterocycles. The number of hydrogen-bond acceptors (Lipinski definition) is 1. The number of rotatable bonds is 3. The van der Waals surface area contributed by atoms with E-state index in [-0.39, 0.29) is 0 Å². The molecule has 0 heterocycles. The first-order valence-corrected chi connectivity index (χ1v) is 6.54. The summed E-state index contributed by atoms with van der Waals surface area (Å²) < 4.78 is 0. The molecule has 0 aliphatic heterocycles. The Balaban J connectivity index is 2.39. The van der Waals surface area contributed by atoms with Crippen LogP contribution in [0.2, 0.25) is 10.0 Å². The third-order valence-electron chi connectivity index (χ3n) is 2.61. The van der Waals surface area contributed by atoms with Crippen molar-refractivity contribution in [2.24, 2.45) is 4.99 Å². The van der Waals surface area contributed by atoms with E-state index in [1.54, 1.807) is 6.07 Å². The molecule has 0 amide bonds. The molecule has 0 unspecified atom stereocenters.